The van der Waals surface area contributed by atoms with Crippen LogP contribution in [0.15, 0.2) is 54.6 Å². The second-order valence-corrected chi connectivity index (χ2v) is 6.22. The minimum absolute atomic E-state index is 0.00832. The van der Waals surface area contributed by atoms with Crippen LogP contribution in [0.4, 0.5) is 5.69 Å². The van der Waals surface area contributed by atoms with E-state index in [1.807, 2.05) is 30.3 Å². The Bertz CT molecular complexity index is 735. The van der Waals surface area contributed by atoms with Gasteiger partial charge in [0.2, 0.25) is 5.91 Å². The van der Waals surface area contributed by atoms with Gasteiger partial charge in [-0.15, -0.1) is 0 Å². The number of carbonyl (C=O) groups excluding carboxylic acids is 2. The van der Waals surface area contributed by atoms with Crippen LogP contribution in [0, 0.1) is 0 Å². The van der Waals surface area contributed by atoms with Crippen molar-refractivity contribution >= 4 is 17.6 Å². The van der Waals surface area contributed by atoms with Crippen molar-refractivity contribution in [3.63, 3.8) is 0 Å². The molecular formula is C20H22N2O3. The van der Waals surface area contributed by atoms with Crippen LogP contribution < -0.4 is 10.6 Å². The minimum atomic E-state index is -0.534. The molecule has 0 saturated carbocycles. The smallest absolute Gasteiger partial charge is 0.337 e. The standard InChI is InChI=1S/C20H22N2O3/c1-25-18(23)15-7-9-17(10-8-15)22-19(24)20(11-13-21-14-12-20)16-5-3-2-4-6-16/h2-10,21H,11-14H2,1H3,(H,22,24). The Labute approximate surface area is 147 Å². The molecule has 0 bridgehead atoms. The summed E-state index contributed by atoms with van der Waals surface area (Å²) >= 11 is 0. The summed E-state index contributed by atoms with van der Waals surface area (Å²) in [6.07, 6.45) is 1.51. The first-order valence-electron chi connectivity index (χ1n) is 8.42. The molecule has 2 N–H and O–H groups in total. The van der Waals surface area contributed by atoms with Gasteiger partial charge in [0.1, 0.15) is 0 Å². The van der Waals surface area contributed by atoms with Gasteiger partial charge in [-0.25, -0.2) is 4.79 Å². The number of piperidine rings is 1. The zero-order chi connectivity index (χ0) is 17.7. The number of ether oxygens (including phenoxy) is 1. The van der Waals surface area contributed by atoms with Crippen molar-refractivity contribution in [2.24, 2.45) is 0 Å². The average Bonchev–Trinajstić information content (AvgIpc) is 2.69. The largest absolute Gasteiger partial charge is 0.465 e. The number of methoxy groups -OCH3 is 1. The first-order chi connectivity index (χ1) is 12.2. The summed E-state index contributed by atoms with van der Waals surface area (Å²) in [4.78, 5) is 24.6. The Morgan fingerprint density at radius 1 is 1.00 bits per heavy atom. The van der Waals surface area contributed by atoms with Gasteiger partial charge < -0.3 is 15.4 Å². The van der Waals surface area contributed by atoms with Crippen LogP contribution in [-0.4, -0.2) is 32.1 Å². The van der Waals surface area contributed by atoms with Crippen LogP contribution in [0.5, 0.6) is 0 Å². The quantitative estimate of drug-likeness (QED) is 0.841. The number of nitrogens with one attached hydrogen (secondary N) is 2. The Morgan fingerprint density at radius 3 is 2.24 bits per heavy atom. The molecule has 130 valence electrons. The molecule has 0 unspecified atom stereocenters. The van der Waals surface area contributed by atoms with Crippen LogP contribution in [0.1, 0.15) is 28.8 Å². The first kappa shape index (κ1) is 17.2. The fourth-order valence-electron chi connectivity index (χ4n) is 3.32. The van der Waals surface area contributed by atoms with Crippen molar-refractivity contribution in [2.75, 3.05) is 25.5 Å². The summed E-state index contributed by atoms with van der Waals surface area (Å²) in [6.45, 7) is 1.62. The van der Waals surface area contributed by atoms with Gasteiger partial charge >= 0.3 is 5.97 Å². The maximum atomic E-state index is 13.1. The van der Waals surface area contributed by atoms with Gasteiger partial charge in [0.05, 0.1) is 18.1 Å². The predicted molar refractivity (Wildman–Crippen MR) is 96.6 cm³/mol. The van der Waals surface area contributed by atoms with E-state index in [4.69, 9.17) is 4.74 Å². The number of carbonyl (C=O) groups is 2. The molecule has 2 aromatic carbocycles. The zero-order valence-corrected chi connectivity index (χ0v) is 14.2. The molecule has 25 heavy (non-hydrogen) atoms. The molecule has 3 rings (SSSR count). The van der Waals surface area contributed by atoms with Gasteiger partial charge in [0, 0.05) is 5.69 Å². The number of amides is 1. The third kappa shape index (κ3) is 3.56. The van der Waals surface area contributed by atoms with E-state index in [1.165, 1.54) is 7.11 Å². The van der Waals surface area contributed by atoms with E-state index in [-0.39, 0.29) is 5.91 Å². The van der Waals surface area contributed by atoms with E-state index in [1.54, 1.807) is 24.3 Å². The molecule has 1 saturated heterocycles. The number of hydrogen-bond donors (Lipinski definition) is 2. The molecule has 1 aliphatic rings. The summed E-state index contributed by atoms with van der Waals surface area (Å²) < 4.78 is 4.69. The van der Waals surface area contributed by atoms with Crippen LogP contribution in [0.3, 0.4) is 0 Å². The average molecular weight is 338 g/mol. The van der Waals surface area contributed by atoms with Gasteiger partial charge in [0.25, 0.3) is 0 Å². The van der Waals surface area contributed by atoms with Crippen molar-refractivity contribution in [3.05, 3.63) is 65.7 Å². The summed E-state index contributed by atoms with van der Waals surface area (Å²) in [7, 11) is 1.35. The van der Waals surface area contributed by atoms with Crippen molar-refractivity contribution < 1.29 is 14.3 Å². The molecule has 0 atom stereocenters. The third-order valence-corrected chi connectivity index (χ3v) is 4.78. The van der Waals surface area contributed by atoms with Crippen LogP contribution in [0.25, 0.3) is 0 Å². The highest BCUT2D eigenvalue weighted by Gasteiger charge is 2.41. The molecule has 1 aliphatic heterocycles. The van der Waals surface area contributed by atoms with Gasteiger partial charge in [0.15, 0.2) is 0 Å². The van der Waals surface area contributed by atoms with Gasteiger partial charge in [-0.1, -0.05) is 30.3 Å². The van der Waals surface area contributed by atoms with E-state index in [2.05, 4.69) is 10.6 Å². The second-order valence-electron chi connectivity index (χ2n) is 6.22. The molecule has 0 radical (unpaired) electrons. The highest BCUT2D eigenvalue weighted by molar-refractivity contribution is 5.99. The molecular weight excluding hydrogens is 316 g/mol. The summed E-state index contributed by atoms with van der Waals surface area (Å²) in [5.41, 5.74) is 1.64. The molecule has 0 aliphatic carbocycles. The second kappa shape index (κ2) is 7.49. The fourth-order valence-corrected chi connectivity index (χ4v) is 3.32. The summed E-state index contributed by atoms with van der Waals surface area (Å²) in [5, 5.41) is 6.34. The lowest BCUT2D eigenvalue weighted by Gasteiger charge is -2.36. The van der Waals surface area contributed by atoms with Crippen LogP contribution in [-0.2, 0) is 14.9 Å². The fraction of sp³-hybridized carbons (Fsp3) is 0.300. The van der Waals surface area contributed by atoms with Crippen molar-refractivity contribution in [2.45, 2.75) is 18.3 Å². The maximum Gasteiger partial charge on any atom is 0.337 e. The van der Waals surface area contributed by atoms with E-state index in [0.29, 0.717) is 11.3 Å². The number of rotatable bonds is 4. The molecule has 2 aromatic rings. The van der Waals surface area contributed by atoms with E-state index >= 15 is 0 Å². The Kier molecular flexibility index (Phi) is 5.14. The molecule has 1 heterocycles. The lowest BCUT2D eigenvalue weighted by atomic mass is 9.72. The number of hydrogen-bond acceptors (Lipinski definition) is 4. The first-order valence-corrected chi connectivity index (χ1v) is 8.42. The van der Waals surface area contributed by atoms with Gasteiger partial charge in [-0.3, -0.25) is 4.79 Å². The van der Waals surface area contributed by atoms with Crippen molar-refractivity contribution in [1.29, 1.82) is 0 Å². The Hall–Kier alpha value is -2.66. The Morgan fingerprint density at radius 2 is 1.64 bits per heavy atom. The van der Waals surface area contributed by atoms with Gasteiger partial charge in [-0.05, 0) is 55.8 Å². The number of esters is 1. The summed E-state index contributed by atoms with van der Waals surface area (Å²) in [6, 6.07) is 16.7. The SMILES string of the molecule is COC(=O)c1ccc(NC(=O)C2(c3ccccc3)CCNCC2)cc1. The van der Waals surface area contributed by atoms with E-state index in [0.717, 1.165) is 31.5 Å². The van der Waals surface area contributed by atoms with Crippen molar-refractivity contribution in [1.82, 2.24) is 5.32 Å². The number of benzene rings is 2. The van der Waals surface area contributed by atoms with Crippen molar-refractivity contribution in [3.8, 4) is 0 Å². The normalized spacial score (nSPS) is 16.0. The monoisotopic (exact) mass is 338 g/mol. The Balaban J connectivity index is 1.83. The lowest BCUT2D eigenvalue weighted by Crippen LogP contribution is -2.48. The van der Waals surface area contributed by atoms with Crippen LogP contribution >= 0.6 is 0 Å². The minimum Gasteiger partial charge on any atom is -0.465 e. The highest BCUT2D eigenvalue weighted by atomic mass is 16.5. The molecule has 5 heteroatoms. The maximum absolute atomic E-state index is 13.1. The zero-order valence-electron chi connectivity index (χ0n) is 14.2. The molecule has 1 amide bonds. The number of anilines is 1. The third-order valence-electron chi connectivity index (χ3n) is 4.78. The topological polar surface area (TPSA) is 67.4 Å². The highest BCUT2D eigenvalue weighted by Crippen LogP contribution is 2.34. The summed E-state index contributed by atoms with van der Waals surface area (Å²) in [5.74, 6) is -0.400. The molecule has 0 aromatic heterocycles. The van der Waals surface area contributed by atoms with E-state index in [9.17, 15) is 9.59 Å². The molecule has 5 nitrogen and oxygen atoms in total. The molecule has 1 fully saturated rings. The predicted octanol–water partition coefficient (Wildman–Crippen LogP) is 2.73. The van der Waals surface area contributed by atoms with Crippen LogP contribution in [0.2, 0.25) is 0 Å². The van der Waals surface area contributed by atoms with E-state index < -0.39 is 11.4 Å². The molecule has 0 spiro atoms. The lowest BCUT2D eigenvalue weighted by molar-refractivity contribution is -0.122. The van der Waals surface area contributed by atoms with Gasteiger partial charge in [-0.2, -0.15) is 0 Å².